The number of hydrogen-bond donors (Lipinski definition) is 0. The second kappa shape index (κ2) is 6.85. The Balaban J connectivity index is 1.54. The van der Waals surface area contributed by atoms with E-state index in [9.17, 15) is 0 Å². The number of ether oxygens (including phenoxy) is 1. The predicted octanol–water partition coefficient (Wildman–Crippen LogP) is 0.808. The van der Waals surface area contributed by atoms with Crippen molar-refractivity contribution in [2.24, 2.45) is 0 Å². The van der Waals surface area contributed by atoms with Gasteiger partial charge in [-0.2, -0.15) is 5.10 Å². The van der Waals surface area contributed by atoms with E-state index in [2.05, 4.69) is 31.5 Å². The maximum atomic E-state index is 5.23. The molecule has 0 bridgehead atoms. The molecular formula is C15H27N5O. The molecule has 2 atom stereocenters. The fourth-order valence-corrected chi connectivity index (χ4v) is 3.66. The van der Waals surface area contributed by atoms with E-state index in [1.165, 1.54) is 19.4 Å². The van der Waals surface area contributed by atoms with Crippen LogP contribution >= 0.6 is 0 Å². The number of fused-ring (bicyclic) bond motifs is 1. The first-order chi connectivity index (χ1) is 10.3. The quantitative estimate of drug-likeness (QED) is 0.777. The summed E-state index contributed by atoms with van der Waals surface area (Å²) in [5.74, 6) is 1.16. The first-order valence-electron chi connectivity index (χ1n) is 8.15. The van der Waals surface area contributed by atoms with Crippen LogP contribution in [0.2, 0.25) is 0 Å². The molecule has 6 nitrogen and oxygen atoms in total. The summed E-state index contributed by atoms with van der Waals surface area (Å²) in [5, 5.41) is 4.39. The molecule has 1 aromatic rings. The maximum absolute atomic E-state index is 5.23. The van der Waals surface area contributed by atoms with Crippen molar-refractivity contribution < 1.29 is 4.74 Å². The van der Waals surface area contributed by atoms with Gasteiger partial charge in [0.25, 0.3) is 0 Å². The van der Waals surface area contributed by atoms with Gasteiger partial charge in [0, 0.05) is 52.3 Å². The minimum atomic E-state index is 0.519. The van der Waals surface area contributed by atoms with Crippen molar-refractivity contribution >= 4 is 0 Å². The summed E-state index contributed by atoms with van der Waals surface area (Å²) in [5.41, 5.74) is 0. The molecule has 0 spiro atoms. The Bertz CT molecular complexity index is 449. The summed E-state index contributed by atoms with van der Waals surface area (Å²) in [6, 6.07) is 1.18. The molecule has 0 aliphatic carbocycles. The summed E-state index contributed by atoms with van der Waals surface area (Å²) in [4.78, 5) is 9.52. The summed E-state index contributed by atoms with van der Waals surface area (Å²) in [6.45, 7) is 8.77. The van der Waals surface area contributed by atoms with E-state index in [-0.39, 0.29) is 0 Å². The SMILES string of the molecule is CCC1CN(CC2CCc3ncnn32)CCN1CCOC. The highest BCUT2D eigenvalue weighted by molar-refractivity contribution is 4.96. The minimum absolute atomic E-state index is 0.519. The first kappa shape index (κ1) is 14.9. The highest BCUT2D eigenvalue weighted by Gasteiger charge is 2.30. The fraction of sp³-hybridized carbons (Fsp3) is 0.867. The highest BCUT2D eigenvalue weighted by atomic mass is 16.5. The van der Waals surface area contributed by atoms with Crippen LogP contribution in [0.3, 0.4) is 0 Å². The Hall–Kier alpha value is -0.980. The maximum Gasteiger partial charge on any atom is 0.138 e. The van der Waals surface area contributed by atoms with Gasteiger partial charge in [0.2, 0.25) is 0 Å². The topological polar surface area (TPSA) is 46.4 Å². The molecule has 0 saturated carbocycles. The molecule has 2 aliphatic heterocycles. The molecule has 0 amide bonds. The normalized spacial score (nSPS) is 27.1. The van der Waals surface area contributed by atoms with Crippen LogP contribution in [0.25, 0.3) is 0 Å². The molecule has 1 fully saturated rings. The van der Waals surface area contributed by atoms with Gasteiger partial charge < -0.3 is 4.74 Å². The number of rotatable bonds is 6. The summed E-state index contributed by atoms with van der Waals surface area (Å²) in [7, 11) is 1.78. The van der Waals surface area contributed by atoms with E-state index < -0.39 is 0 Å². The monoisotopic (exact) mass is 293 g/mol. The van der Waals surface area contributed by atoms with Gasteiger partial charge in [-0.25, -0.2) is 9.67 Å². The molecule has 2 aliphatic rings. The fourth-order valence-electron chi connectivity index (χ4n) is 3.66. The van der Waals surface area contributed by atoms with Crippen LogP contribution in [-0.2, 0) is 11.2 Å². The second-order valence-electron chi connectivity index (χ2n) is 6.16. The molecule has 6 heteroatoms. The number of nitrogens with zero attached hydrogens (tertiary/aromatic N) is 5. The average molecular weight is 293 g/mol. The van der Waals surface area contributed by atoms with E-state index in [4.69, 9.17) is 4.74 Å². The number of hydrogen-bond acceptors (Lipinski definition) is 5. The molecule has 1 saturated heterocycles. The highest BCUT2D eigenvalue weighted by Crippen LogP contribution is 2.25. The summed E-state index contributed by atoms with van der Waals surface area (Å²) < 4.78 is 7.37. The Morgan fingerprint density at radius 3 is 3.05 bits per heavy atom. The van der Waals surface area contributed by atoms with Gasteiger partial charge in [-0.15, -0.1) is 0 Å². The first-order valence-corrected chi connectivity index (χ1v) is 8.15. The molecule has 0 radical (unpaired) electrons. The van der Waals surface area contributed by atoms with Crippen molar-refractivity contribution in [3.63, 3.8) is 0 Å². The zero-order valence-electron chi connectivity index (χ0n) is 13.2. The van der Waals surface area contributed by atoms with Crippen molar-refractivity contribution in [1.82, 2.24) is 24.6 Å². The third-order valence-electron chi connectivity index (χ3n) is 4.91. The molecule has 0 N–H and O–H groups in total. The third-order valence-corrected chi connectivity index (χ3v) is 4.91. The largest absolute Gasteiger partial charge is 0.383 e. The van der Waals surface area contributed by atoms with Gasteiger partial charge in [-0.1, -0.05) is 6.92 Å². The Kier molecular flexibility index (Phi) is 4.87. The van der Waals surface area contributed by atoms with Gasteiger partial charge >= 0.3 is 0 Å². The Morgan fingerprint density at radius 2 is 2.24 bits per heavy atom. The van der Waals surface area contributed by atoms with E-state index in [1.807, 2.05) is 0 Å². The number of aromatic nitrogens is 3. The number of aryl methyl sites for hydroxylation is 1. The molecular weight excluding hydrogens is 266 g/mol. The minimum Gasteiger partial charge on any atom is -0.383 e. The van der Waals surface area contributed by atoms with E-state index >= 15 is 0 Å². The lowest BCUT2D eigenvalue weighted by atomic mass is 10.1. The van der Waals surface area contributed by atoms with Crippen molar-refractivity contribution in [3.8, 4) is 0 Å². The van der Waals surface area contributed by atoms with Crippen LogP contribution < -0.4 is 0 Å². The van der Waals surface area contributed by atoms with E-state index in [1.54, 1.807) is 13.4 Å². The lowest BCUT2D eigenvalue weighted by molar-refractivity contribution is 0.0436. The van der Waals surface area contributed by atoms with Gasteiger partial charge in [0.1, 0.15) is 12.2 Å². The van der Waals surface area contributed by atoms with Crippen LogP contribution in [0.1, 0.15) is 31.6 Å². The summed E-state index contributed by atoms with van der Waals surface area (Å²) >= 11 is 0. The van der Waals surface area contributed by atoms with Crippen LogP contribution in [0, 0.1) is 0 Å². The van der Waals surface area contributed by atoms with Crippen molar-refractivity contribution in [2.75, 3.05) is 46.4 Å². The zero-order valence-corrected chi connectivity index (χ0v) is 13.2. The van der Waals surface area contributed by atoms with Crippen molar-refractivity contribution in [3.05, 3.63) is 12.2 Å². The van der Waals surface area contributed by atoms with Crippen molar-refractivity contribution in [2.45, 2.75) is 38.3 Å². The lowest BCUT2D eigenvalue weighted by Gasteiger charge is -2.41. The molecule has 118 valence electrons. The van der Waals surface area contributed by atoms with Gasteiger partial charge in [-0.3, -0.25) is 9.80 Å². The van der Waals surface area contributed by atoms with Crippen LogP contribution in [0.5, 0.6) is 0 Å². The van der Waals surface area contributed by atoms with E-state index in [0.29, 0.717) is 12.1 Å². The standard InChI is InChI=1S/C15H27N5O/c1-3-13-10-18(6-7-19(13)8-9-21-2)11-14-4-5-15-16-12-17-20(14)15/h12-14H,3-11H2,1-2H3. The lowest BCUT2D eigenvalue weighted by Crippen LogP contribution is -2.54. The van der Waals surface area contributed by atoms with E-state index in [0.717, 1.165) is 45.0 Å². The molecule has 1 aromatic heterocycles. The van der Waals surface area contributed by atoms with Gasteiger partial charge in [0.05, 0.1) is 12.6 Å². The molecule has 3 rings (SSSR count). The predicted molar refractivity (Wildman–Crippen MR) is 81.3 cm³/mol. The van der Waals surface area contributed by atoms with Crippen LogP contribution in [0.15, 0.2) is 6.33 Å². The number of methoxy groups -OCH3 is 1. The zero-order chi connectivity index (χ0) is 14.7. The van der Waals surface area contributed by atoms with Gasteiger partial charge in [0.15, 0.2) is 0 Å². The molecule has 2 unspecified atom stereocenters. The Morgan fingerprint density at radius 1 is 1.33 bits per heavy atom. The Labute approximate surface area is 127 Å². The van der Waals surface area contributed by atoms with Gasteiger partial charge in [-0.05, 0) is 12.8 Å². The smallest absolute Gasteiger partial charge is 0.138 e. The number of piperazine rings is 1. The average Bonchev–Trinajstić information content (AvgIpc) is 3.11. The third kappa shape index (κ3) is 3.27. The molecule has 21 heavy (non-hydrogen) atoms. The van der Waals surface area contributed by atoms with Crippen LogP contribution in [0.4, 0.5) is 0 Å². The van der Waals surface area contributed by atoms with Crippen LogP contribution in [-0.4, -0.2) is 77.0 Å². The molecule has 3 heterocycles. The summed E-state index contributed by atoms with van der Waals surface area (Å²) in [6.07, 6.45) is 5.17. The second-order valence-corrected chi connectivity index (χ2v) is 6.16. The molecule has 0 aromatic carbocycles. The van der Waals surface area contributed by atoms with Crippen molar-refractivity contribution in [1.29, 1.82) is 0 Å².